The summed E-state index contributed by atoms with van der Waals surface area (Å²) in [4.78, 5) is 15.4. The Balaban J connectivity index is 2.27. The van der Waals surface area contributed by atoms with Crippen LogP contribution in [0.15, 0.2) is 24.3 Å². The van der Waals surface area contributed by atoms with E-state index in [2.05, 4.69) is 37.8 Å². The summed E-state index contributed by atoms with van der Waals surface area (Å²) in [6.45, 7) is 8.90. The van der Waals surface area contributed by atoms with Gasteiger partial charge >= 0.3 is 6.09 Å². The minimum absolute atomic E-state index is 0.0234. The van der Waals surface area contributed by atoms with Crippen LogP contribution in [-0.4, -0.2) is 48.3 Å². The minimum atomic E-state index is -0.824. The van der Waals surface area contributed by atoms with E-state index in [1.54, 1.807) is 4.90 Å². The number of carboxylic acid groups (broad SMARTS) is 1. The summed E-state index contributed by atoms with van der Waals surface area (Å²) in [7, 11) is 0. The Bertz CT molecular complexity index is 525. The molecule has 1 aliphatic heterocycles. The van der Waals surface area contributed by atoms with Gasteiger partial charge in [-0.15, -0.1) is 0 Å². The molecule has 0 spiro atoms. The molecule has 1 unspecified atom stereocenters. The van der Waals surface area contributed by atoms with Crippen molar-refractivity contribution >= 4 is 11.8 Å². The molecule has 1 aliphatic rings. The van der Waals surface area contributed by atoms with Crippen molar-refractivity contribution in [1.29, 1.82) is 0 Å². The topological polar surface area (TPSA) is 69.8 Å². The highest BCUT2D eigenvalue weighted by Gasteiger charge is 2.38. The molecule has 1 amide bonds. The Hall–Kier alpha value is -1.75. The van der Waals surface area contributed by atoms with Crippen LogP contribution in [0.2, 0.25) is 0 Å². The Morgan fingerprint density at radius 1 is 1.32 bits per heavy atom. The first-order valence-electron chi connectivity index (χ1n) is 7.87. The van der Waals surface area contributed by atoms with E-state index in [4.69, 9.17) is 5.73 Å². The average molecular weight is 305 g/mol. The normalized spacial score (nSPS) is 19.4. The molecular formula is C17H27N3O2. The lowest BCUT2D eigenvalue weighted by molar-refractivity contribution is 0.0748. The molecule has 1 atom stereocenters. The lowest BCUT2D eigenvalue weighted by Crippen LogP contribution is -2.59. The first kappa shape index (κ1) is 16.6. The number of carbonyl (C=O) groups is 1. The van der Waals surface area contributed by atoms with E-state index < -0.39 is 6.09 Å². The van der Waals surface area contributed by atoms with E-state index in [0.29, 0.717) is 13.1 Å². The molecule has 22 heavy (non-hydrogen) atoms. The summed E-state index contributed by atoms with van der Waals surface area (Å²) in [5.41, 5.74) is 8.04. The van der Waals surface area contributed by atoms with Crippen LogP contribution in [0.4, 0.5) is 10.5 Å². The van der Waals surface area contributed by atoms with Crippen molar-refractivity contribution in [2.45, 2.75) is 33.2 Å². The number of anilines is 1. The average Bonchev–Trinajstić information content (AvgIpc) is 2.46. The van der Waals surface area contributed by atoms with E-state index in [0.717, 1.165) is 19.5 Å². The third kappa shape index (κ3) is 3.53. The Kier molecular flexibility index (Phi) is 4.96. The van der Waals surface area contributed by atoms with Gasteiger partial charge in [0.15, 0.2) is 0 Å². The number of benzene rings is 1. The summed E-state index contributed by atoms with van der Waals surface area (Å²) in [5.74, 6) is 0. The van der Waals surface area contributed by atoms with Crippen LogP contribution in [0.3, 0.4) is 0 Å². The van der Waals surface area contributed by atoms with Crippen molar-refractivity contribution in [2.24, 2.45) is 11.1 Å². The highest BCUT2D eigenvalue weighted by atomic mass is 16.4. The smallest absolute Gasteiger partial charge is 0.407 e. The second-order valence-corrected chi connectivity index (χ2v) is 6.97. The van der Waals surface area contributed by atoms with Gasteiger partial charge in [-0.1, -0.05) is 39.0 Å². The standard InChI is InChI=1S/C17H27N3O2/c1-17(2,3)15-12-19(10-11-20(15)16(21)22)14-7-5-4-6-13(14)8-9-18/h4-7,15H,8-12,18H2,1-3H3,(H,21,22). The Labute approximate surface area is 132 Å². The molecule has 0 bridgehead atoms. The van der Waals surface area contributed by atoms with E-state index in [9.17, 15) is 9.90 Å². The zero-order valence-electron chi connectivity index (χ0n) is 13.7. The molecule has 0 aromatic heterocycles. The molecular weight excluding hydrogens is 278 g/mol. The summed E-state index contributed by atoms with van der Waals surface area (Å²) in [6.07, 6.45) is 0.0185. The predicted octanol–water partition coefficient (Wildman–Crippen LogP) is 2.40. The van der Waals surface area contributed by atoms with E-state index >= 15 is 0 Å². The maximum absolute atomic E-state index is 11.5. The number of hydrogen-bond donors (Lipinski definition) is 2. The van der Waals surface area contributed by atoms with Gasteiger partial charge in [0, 0.05) is 25.3 Å². The first-order chi connectivity index (χ1) is 10.3. The lowest BCUT2D eigenvalue weighted by atomic mass is 9.84. The molecule has 5 nitrogen and oxygen atoms in total. The van der Waals surface area contributed by atoms with Gasteiger partial charge in [0.25, 0.3) is 0 Å². The first-order valence-corrected chi connectivity index (χ1v) is 7.87. The molecule has 1 heterocycles. The molecule has 1 fully saturated rings. The third-order valence-corrected chi connectivity index (χ3v) is 4.37. The molecule has 3 N–H and O–H groups in total. The quantitative estimate of drug-likeness (QED) is 0.899. The van der Waals surface area contributed by atoms with Crippen LogP contribution in [0.5, 0.6) is 0 Å². The fourth-order valence-corrected chi connectivity index (χ4v) is 3.16. The predicted molar refractivity (Wildman–Crippen MR) is 89.4 cm³/mol. The zero-order chi connectivity index (χ0) is 16.3. The highest BCUT2D eigenvalue weighted by Crippen LogP contribution is 2.31. The van der Waals surface area contributed by atoms with Crippen molar-refractivity contribution in [3.63, 3.8) is 0 Å². The van der Waals surface area contributed by atoms with Gasteiger partial charge < -0.3 is 20.6 Å². The van der Waals surface area contributed by atoms with Crippen LogP contribution >= 0.6 is 0 Å². The van der Waals surface area contributed by atoms with Gasteiger partial charge in [0.2, 0.25) is 0 Å². The van der Waals surface area contributed by atoms with Gasteiger partial charge in [0.05, 0.1) is 6.04 Å². The highest BCUT2D eigenvalue weighted by molar-refractivity contribution is 5.66. The number of piperazine rings is 1. The molecule has 122 valence electrons. The maximum Gasteiger partial charge on any atom is 0.407 e. The van der Waals surface area contributed by atoms with Crippen molar-refractivity contribution < 1.29 is 9.90 Å². The second-order valence-electron chi connectivity index (χ2n) is 6.97. The SMILES string of the molecule is CC(C)(C)C1CN(c2ccccc2CCN)CCN1C(=O)O. The van der Waals surface area contributed by atoms with Crippen LogP contribution in [0.25, 0.3) is 0 Å². The fraction of sp³-hybridized carbons (Fsp3) is 0.588. The number of nitrogens with two attached hydrogens (primary N) is 1. The van der Waals surface area contributed by atoms with Crippen LogP contribution in [0, 0.1) is 5.41 Å². The second kappa shape index (κ2) is 6.57. The van der Waals surface area contributed by atoms with Gasteiger partial charge in [0.1, 0.15) is 0 Å². The zero-order valence-corrected chi connectivity index (χ0v) is 13.7. The largest absolute Gasteiger partial charge is 0.465 e. The van der Waals surface area contributed by atoms with E-state index in [-0.39, 0.29) is 11.5 Å². The molecule has 1 aromatic carbocycles. The van der Waals surface area contributed by atoms with Gasteiger partial charge in [-0.05, 0) is 30.0 Å². The van der Waals surface area contributed by atoms with Crippen molar-refractivity contribution in [3.05, 3.63) is 29.8 Å². The molecule has 0 aliphatic carbocycles. The minimum Gasteiger partial charge on any atom is -0.465 e. The van der Waals surface area contributed by atoms with Crippen molar-refractivity contribution in [3.8, 4) is 0 Å². The number of amides is 1. The lowest BCUT2D eigenvalue weighted by Gasteiger charge is -2.47. The molecule has 0 radical (unpaired) electrons. The summed E-state index contributed by atoms with van der Waals surface area (Å²) >= 11 is 0. The van der Waals surface area contributed by atoms with Crippen LogP contribution < -0.4 is 10.6 Å². The summed E-state index contributed by atoms with van der Waals surface area (Å²) in [5, 5.41) is 9.46. The summed E-state index contributed by atoms with van der Waals surface area (Å²) in [6, 6.07) is 8.26. The van der Waals surface area contributed by atoms with Gasteiger partial charge in [-0.3, -0.25) is 0 Å². The molecule has 2 rings (SSSR count). The molecule has 1 saturated heterocycles. The van der Waals surface area contributed by atoms with Crippen LogP contribution in [0.1, 0.15) is 26.3 Å². The molecule has 5 heteroatoms. The fourth-order valence-electron chi connectivity index (χ4n) is 3.16. The van der Waals surface area contributed by atoms with Crippen molar-refractivity contribution in [2.75, 3.05) is 31.1 Å². The third-order valence-electron chi connectivity index (χ3n) is 4.37. The Morgan fingerprint density at radius 2 is 2.00 bits per heavy atom. The molecule has 1 aromatic rings. The maximum atomic E-state index is 11.5. The van der Waals surface area contributed by atoms with Crippen molar-refractivity contribution in [1.82, 2.24) is 4.90 Å². The number of nitrogens with zero attached hydrogens (tertiary/aromatic N) is 2. The number of para-hydroxylation sites is 1. The number of hydrogen-bond acceptors (Lipinski definition) is 3. The monoisotopic (exact) mass is 305 g/mol. The van der Waals surface area contributed by atoms with E-state index in [1.807, 2.05) is 12.1 Å². The Morgan fingerprint density at radius 3 is 2.59 bits per heavy atom. The summed E-state index contributed by atoms with van der Waals surface area (Å²) < 4.78 is 0. The van der Waals surface area contributed by atoms with Gasteiger partial charge in [-0.2, -0.15) is 0 Å². The van der Waals surface area contributed by atoms with E-state index in [1.165, 1.54) is 11.3 Å². The van der Waals surface area contributed by atoms with Gasteiger partial charge in [-0.25, -0.2) is 4.79 Å². The number of rotatable bonds is 3. The van der Waals surface area contributed by atoms with Crippen LogP contribution in [-0.2, 0) is 6.42 Å². The molecule has 0 saturated carbocycles.